The van der Waals surface area contributed by atoms with Crippen molar-refractivity contribution in [1.29, 1.82) is 0 Å². The van der Waals surface area contributed by atoms with E-state index in [-0.39, 0.29) is 5.78 Å². The number of hydrogen-bond donors (Lipinski definition) is 1. The molecule has 1 heterocycles. The number of nitrogens with one attached hydrogen (secondary N) is 1. The Morgan fingerprint density at radius 2 is 2.00 bits per heavy atom. The number of aromatic nitrogens is 1. The van der Waals surface area contributed by atoms with E-state index >= 15 is 0 Å². The molecule has 15 heavy (non-hydrogen) atoms. The van der Waals surface area contributed by atoms with Crippen molar-refractivity contribution >= 4 is 29.3 Å². The number of Topliss-reactive ketones (excluding diaryl/α,β-unsaturated/α-hetero) is 1. The molecule has 4 heteroatoms. The lowest BCUT2D eigenvalue weighted by Gasteiger charge is -1.98. The number of carbonyl (C=O) groups is 1. The summed E-state index contributed by atoms with van der Waals surface area (Å²) in [5.74, 6) is 0.0150. The second-order valence-electron chi connectivity index (χ2n) is 3.14. The van der Waals surface area contributed by atoms with Crippen molar-refractivity contribution in [3.05, 3.63) is 40.0 Å². The fourth-order valence-corrected chi connectivity index (χ4v) is 2.61. The number of aromatic amines is 1. The highest BCUT2D eigenvalue weighted by atomic mass is 32.1. The van der Waals surface area contributed by atoms with Crippen LogP contribution in [0.15, 0.2) is 30.3 Å². The first-order valence-corrected chi connectivity index (χ1v) is 5.70. The first kappa shape index (κ1) is 10.3. The van der Waals surface area contributed by atoms with E-state index in [0.29, 0.717) is 9.65 Å². The van der Waals surface area contributed by atoms with Gasteiger partial charge in [0.25, 0.3) is 0 Å². The fourth-order valence-electron chi connectivity index (χ4n) is 1.37. The SMILES string of the molecule is CC(=O)c1[nH]c(=S)sc1-c1ccccc1. The minimum absolute atomic E-state index is 0.0150. The second-order valence-corrected chi connectivity index (χ2v) is 4.83. The standard InChI is InChI=1S/C11H9NOS2/c1-7(13)9-10(15-11(14)12-9)8-5-3-2-4-6-8/h2-6H,1H3,(H,12,14). The number of benzene rings is 1. The van der Waals surface area contributed by atoms with Crippen LogP contribution in [0.1, 0.15) is 17.4 Å². The van der Waals surface area contributed by atoms with Crippen LogP contribution in [-0.4, -0.2) is 10.8 Å². The molecule has 2 rings (SSSR count). The zero-order valence-electron chi connectivity index (χ0n) is 8.11. The van der Waals surface area contributed by atoms with Crippen molar-refractivity contribution in [3.8, 4) is 10.4 Å². The molecular formula is C11H9NOS2. The van der Waals surface area contributed by atoms with Crippen molar-refractivity contribution in [2.45, 2.75) is 6.92 Å². The minimum atomic E-state index is 0.0150. The van der Waals surface area contributed by atoms with Gasteiger partial charge in [-0.3, -0.25) is 4.79 Å². The number of carbonyl (C=O) groups excluding carboxylic acids is 1. The third-order valence-electron chi connectivity index (χ3n) is 2.04. The Hall–Kier alpha value is -1.26. The molecule has 0 fully saturated rings. The van der Waals surface area contributed by atoms with Gasteiger partial charge in [-0.2, -0.15) is 0 Å². The summed E-state index contributed by atoms with van der Waals surface area (Å²) in [6.45, 7) is 1.54. The van der Waals surface area contributed by atoms with Gasteiger partial charge in [0.1, 0.15) is 5.69 Å². The predicted molar refractivity (Wildman–Crippen MR) is 64.9 cm³/mol. The molecule has 0 aliphatic rings. The van der Waals surface area contributed by atoms with Crippen LogP contribution in [-0.2, 0) is 0 Å². The third kappa shape index (κ3) is 2.06. The van der Waals surface area contributed by atoms with Crippen LogP contribution >= 0.6 is 23.6 Å². The Morgan fingerprint density at radius 3 is 2.60 bits per heavy atom. The summed E-state index contributed by atoms with van der Waals surface area (Å²) in [6.07, 6.45) is 0. The highest BCUT2D eigenvalue weighted by molar-refractivity contribution is 7.73. The van der Waals surface area contributed by atoms with E-state index in [9.17, 15) is 4.79 Å². The molecule has 1 aromatic carbocycles. The molecule has 2 aromatic rings. The van der Waals surface area contributed by atoms with Crippen molar-refractivity contribution in [3.63, 3.8) is 0 Å². The molecule has 0 radical (unpaired) electrons. The smallest absolute Gasteiger partial charge is 0.177 e. The number of H-pyrrole nitrogens is 1. The lowest BCUT2D eigenvalue weighted by atomic mass is 10.1. The molecule has 2 nitrogen and oxygen atoms in total. The summed E-state index contributed by atoms with van der Waals surface area (Å²) >= 11 is 6.48. The second kappa shape index (κ2) is 4.08. The Bertz CT molecular complexity index is 539. The van der Waals surface area contributed by atoms with Crippen molar-refractivity contribution in [1.82, 2.24) is 4.98 Å². The van der Waals surface area contributed by atoms with Gasteiger partial charge in [0.15, 0.2) is 9.74 Å². The lowest BCUT2D eigenvalue weighted by Crippen LogP contribution is -1.94. The minimum Gasteiger partial charge on any atom is -0.334 e. The van der Waals surface area contributed by atoms with Crippen LogP contribution in [0, 0.1) is 3.95 Å². The first-order chi connectivity index (χ1) is 7.18. The van der Waals surface area contributed by atoms with Crippen LogP contribution in [0.2, 0.25) is 0 Å². The monoisotopic (exact) mass is 235 g/mol. The third-order valence-corrected chi connectivity index (χ3v) is 3.32. The van der Waals surface area contributed by atoms with E-state index < -0.39 is 0 Å². The summed E-state index contributed by atoms with van der Waals surface area (Å²) in [7, 11) is 0. The quantitative estimate of drug-likeness (QED) is 0.636. The molecule has 0 saturated heterocycles. The molecule has 1 aromatic heterocycles. The highest BCUT2D eigenvalue weighted by Crippen LogP contribution is 2.28. The number of ketones is 1. The Labute approximate surface area is 96.6 Å². The number of thiazole rings is 1. The van der Waals surface area contributed by atoms with E-state index in [2.05, 4.69) is 4.98 Å². The summed E-state index contributed by atoms with van der Waals surface area (Å²) in [4.78, 5) is 15.2. The van der Waals surface area contributed by atoms with Gasteiger partial charge in [-0.05, 0) is 17.8 Å². The van der Waals surface area contributed by atoms with Gasteiger partial charge in [-0.1, -0.05) is 30.3 Å². The van der Waals surface area contributed by atoms with Gasteiger partial charge in [-0.25, -0.2) is 0 Å². The van der Waals surface area contributed by atoms with Crippen molar-refractivity contribution < 1.29 is 4.79 Å². The maximum atomic E-state index is 11.4. The summed E-state index contributed by atoms with van der Waals surface area (Å²) in [5.41, 5.74) is 1.64. The molecule has 76 valence electrons. The Balaban J connectivity index is 2.63. The number of rotatable bonds is 2. The van der Waals surface area contributed by atoms with Crippen molar-refractivity contribution in [2.75, 3.05) is 0 Å². The highest BCUT2D eigenvalue weighted by Gasteiger charge is 2.11. The molecule has 0 unspecified atom stereocenters. The molecule has 0 aliphatic carbocycles. The van der Waals surface area contributed by atoms with Gasteiger partial charge in [0.05, 0.1) is 4.88 Å². The van der Waals surface area contributed by atoms with E-state index in [0.717, 1.165) is 10.4 Å². The predicted octanol–water partition coefficient (Wildman–Crippen LogP) is 3.68. The molecular weight excluding hydrogens is 226 g/mol. The molecule has 0 spiro atoms. The molecule has 0 amide bonds. The summed E-state index contributed by atoms with van der Waals surface area (Å²) in [6, 6.07) is 9.79. The van der Waals surface area contributed by atoms with Crippen molar-refractivity contribution in [2.24, 2.45) is 0 Å². The van der Waals surface area contributed by atoms with Gasteiger partial charge in [0, 0.05) is 6.92 Å². The first-order valence-electron chi connectivity index (χ1n) is 4.48. The zero-order valence-corrected chi connectivity index (χ0v) is 9.74. The lowest BCUT2D eigenvalue weighted by molar-refractivity contribution is 0.101. The van der Waals surface area contributed by atoms with Gasteiger partial charge < -0.3 is 4.98 Å². The molecule has 0 saturated carbocycles. The van der Waals surface area contributed by atoms with Crippen LogP contribution in [0.5, 0.6) is 0 Å². The molecule has 0 bridgehead atoms. The topological polar surface area (TPSA) is 32.9 Å². The normalized spacial score (nSPS) is 10.2. The largest absolute Gasteiger partial charge is 0.334 e. The van der Waals surface area contributed by atoms with E-state index in [1.165, 1.54) is 11.3 Å². The fraction of sp³-hybridized carbons (Fsp3) is 0.0909. The number of hydrogen-bond acceptors (Lipinski definition) is 3. The Kier molecular flexibility index (Phi) is 2.79. The average Bonchev–Trinajstić information content (AvgIpc) is 2.62. The molecule has 1 N–H and O–H groups in total. The van der Waals surface area contributed by atoms with E-state index in [1.54, 1.807) is 6.92 Å². The Morgan fingerprint density at radius 1 is 1.33 bits per heavy atom. The molecule has 0 aliphatic heterocycles. The maximum absolute atomic E-state index is 11.4. The summed E-state index contributed by atoms with van der Waals surface area (Å²) < 4.78 is 0.638. The van der Waals surface area contributed by atoms with Crippen LogP contribution < -0.4 is 0 Å². The van der Waals surface area contributed by atoms with Gasteiger partial charge >= 0.3 is 0 Å². The zero-order chi connectivity index (χ0) is 10.8. The average molecular weight is 235 g/mol. The van der Waals surface area contributed by atoms with E-state index in [1.807, 2.05) is 30.3 Å². The van der Waals surface area contributed by atoms with Gasteiger partial charge in [-0.15, -0.1) is 11.3 Å². The van der Waals surface area contributed by atoms with Crippen LogP contribution in [0.4, 0.5) is 0 Å². The van der Waals surface area contributed by atoms with Crippen LogP contribution in [0.3, 0.4) is 0 Å². The van der Waals surface area contributed by atoms with Gasteiger partial charge in [0.2, 0.25) is 0 Å². The summed E-state index contributed by atoms with van der Waals surface area (Å²) in [5, 5.41) is 0. The molecule has 0 atom stereocenters. The maximum Gasteiger partial charge on any atom is 0.177 e. The van der Waals surface area contributed by atoms with Crippen LogP contribution in [0.25, 0.3) is 10.4 Å². The van der Waals surface area contributed by atoms with E-state index in [4.69, 9.17) is 12.2 Å².